The molecule has 0 atom stereocenters. The Hall–Kier alpha value is -0.630. The summed E-state index contributed by atoms with van der Waals surface area (Å²) in [5.74, 6) is -0.0471. The molecule has 6 nitrogen and oxygen atoms in total. The van der Waals surface area contributed by atoms with Gasteiger partial charge < -0.3 is 15.4 Å². The van der Waals surface area contributed by atoms with Gasteiger partial charge in [-0.2, -0.15) is 5.10 Å². The second-order valence-corrected chi connectivity index (χ2v) is 4.36. The Morgan fingerprint density at radius 2 is 2.28 bits per heavy atom. The van der Waals surface area contributed by atoms with Crippen LogP contribution in [0.25, 0.3) is 0 Å². The molecule has 1 amide bonds. The van der Waals surface area contributed by atoms with Gasteiger partial charge in [0.05, 0.1) is 17.3 Å². The van der Waals surface area contributed by atoms with Crippen LogP contribution in [-0.4, -0.2) is 49.0 Å². The van der Waals surface area contributed by atoms with E-state index in [4.69, 9.17) is 4.74 Å². The third-order valence-electron chi connectivity index (χ3n) is 2.01. The number of amides is 1. The minimum atomic E-state index is -0.0471. The van der Waals surface area contributed by atoms with Crippen LogP contribution in [0.4, 0.5) is 0 Å². The Morgan fingerprint density at radius 3 is 2.89 bits per heavy atom. The highest BCUT2D eigenvalue weighted by atomic mass is 79.9. The summed E-state index contributed by atoms with van der Waals surface area (Å²) in [6.45, 7) is 3.04. The van der Waals surface area contributed by atoms with Crippen molar-refractivity contribution in [2.75, 3.05) is 33.4 Å². The lowest BCUT2D eigenvalue weighted by Gasteiger charge is -2.06. The van der Waals surface area contributed by atoms with E-state index in [9.17, 15) is 4.79 Å². The molecule has 0 fully saturated rings. The Bertz CT molecular complexity index is 348. The van der Waals surface area contributed by atoms with Crippen LogP contribution < -0.4 is 10.6 Å². The van der Waals surface area contributed by atoms with E-state index in [0.29, 0.717) is 13.2 Å². The van der Waals surface area contributed by atoms with Gasteiger partial charge in [-0.1, -0.05) is 0 Å². The van der Waals surface area contributed by atoms with Crippen molar-refractivity contribution in [2.24, 2.45) is 0 Å². The van der Waals surface area contributed by atoms with Crippen molar-refractivity contribution in [1.82, 2.24) is 20.4 Å². The Balaban J connectivity index is 0.00000289. The van der Waals surface area contributed by atoms with Crippen molar-refractivity contribution in [2.45, 2.75) is 6.54 Å². The summed E-state index contributed by atoms with van der Waals surface area (Å²) in [5.41, 5.74) is 0. The fourth-order valence-electron chi connectivity index (χ4n) is 1.22. The molecule has 0 saturated heterocycles. The van der Waals surface area contributed by atoms with Crippen molar-refractivity contribution in [3.05, 3.63) is 16.9 Å². The lowest BCUT2D eigenvalue weighted by molar-refractivity contribution is -0.121. The topological polar surface area (TPSA) is 68.2 Å². The lowest BCUT2D eigenvalue weighted by atomic mass is 10.5. The number of aromatic nitrogens is 2. The Labute approximate surface area is 121 Å². The first kappa shape index (κ1) is 17.4. The fraction of sp³-hybridized carbons (Fsp3) is 0.600. The second-order valence-electron chi connectivity index (χ2n) is 3.45. The number of rotatable bonds is 8. The summed E-state index contributed by atoms with van der Waals surface area (Å²) >= 11 is 3.27. The molecule has 0 unspecified atom stereocenters. The van der Waals surface area contributed by atoms with Gasteiger partial charge >= 0.3 is 0 Å². The molecule has 0 spiro atoms. The molecule has 0 aliphatic rings. The van der Waals surface area contributed by atoms with Crippen molar-refractivity contribution in [3.63, 3.8) is 0 Å². The summed E-state index contributed by atoms with van der Waals surface area (Å²) in [6.07, 6.45) is 3.41. The van der Waals surface area contributed by atoms with E-state index in [1.807, 2.05) is 0 Å². The molecule has 0 saturated carbocycles. The number of hydrogen-bond donors (Lipinski definition) is 2. The second kappa shape index (κ2) is 10.3. The van der Waals surface area contributed by atoms with E-state index in [1.165, 1.54) is 0 Å². The third kappa shape index (κ3) is 7.65. The zero-order chi connectivity index (χ0) is 12.5. The lowest BCUT2D eigenvalue weighted by Crippen LogP contribution is -2.34. The summed E-state index contributed by atoms with van der Waals surface area (Å²) in [4.78, 5) is 11.5. The predicted octanol–water partition coefficient (Wildman–Crippen LogP) is 0.420. The van der Waals surface area contributed by atoms with Gasteiger partial charge in [0.1, 0.15) is 6.54 Å². The molecule has 2 N–H and O–H groups in total. The van der Waals surface area contributed by atoms with Gasteiger partial charge in [0.15, 0.2) is 0 Å². The maximum absolute atomic E-state index is 11.5. The molecule has 0 radical (unpaired) electrons. The normalized spacial score (nSPS) is 9.89. The van der Waals surface area contributed by atoms with Crippen molar-refractivity contribution >= 4 is 34.2 Å². The SMILES string of the molecule is COCCNCCNC(=O)Cn1cc(Br)cn1.Cl. The van der Waals surface area contributed by atoms with Crippen LogP contribution in [0, 0.1) is 0 Å². The van der Waals surface area contributed by atoms with E-state index in [0.717, 1.165) is 17.6 Å². The van der Waals surface area contributed by atoms with E-state index in [1.54, 1.807) is 24.2 Å². The van der Waals surface area contributed by atoms with E-state index >= 15 is 0 Å². The molecule has 8 heteroatoms. The molecule has 0 bridgehead atoms. The molecule has 1 aromatic heterocycles. The molecule has 0 aliphatic carbocycles. The smallest absolute Gasteiger partial charge is 0.241 e. The average molecular weight is 342 g/mol. The molecule has 1 aromatic rings. The number of nitrogens with zero attached hydrogens (tertiary/aromatic N) is 2. The number of halogens is 2. The minimum absolute atomic E-state index is 0. The van der Waals surface area contributed by atoms with Crippen LogP contribution >= 0.6 is 28.3 Å². The van der Waals surface area contributed by atoms with Gasteiger partial charge in [-0.25, -0.2) is 0 Å². The number of ether oxygens (including phenoxy) is 1. The standard InChI is InChI=1S/C10H17BrN4O2.ClH/c1-17-5-4-12-2-3-13-10(16)8-15-7-9(11)6-14-15;/h6-7,12H,2-5,8H2,1H3,(H,13,16);1H. The monoisotopic (exact) mass is 340 g/mol. The first-order chi connectivity index (χ1) is 8.22. The van der Waals surface area contributed by atoms with Crippen LogP contribution in [0.15, 0.2) is 16.9 Å². The third-order valence-corrected chi connectivity index (χ3v) is 2.42. The van der Waals surface area contributed by atoms with Crippen LogP contribution in [0.1, 0.15) is 0 Å². The maximum Gasteiger partial charge on any atom is 0.241 e. The maximum atomic E-state index is 11.5. The largest absolute Gasteiger partial charge is 0.383 e. The number of carbonyl (C=O) groups is 1. The van der Waals surface area contributed by atoms with E-state index in [-0.39, 0.29) is 24.9 Å². The van der Waals surface area contributed by atoms with Gasteiger partial charge in [0, 0.05) is 32.9 Å². The number of nitrogens with one attached hydrogen (secondary N) is 2. The minimum Gasteiger partial charge on any atom is -0.383 e. The van der Waals surface area contributed by atoms with E-state index < -0.39 is 0 Å². The fourth-order valence-corrected chi connectivity index (χ4v) is 1.55. The molecule has 0 aliphatic heterocycles. The van der Waals surface area contributed by atoms with Gasteiger partial charge in [-0.05, 0) is 15.9 Å². The molecule has 1 rings (SSSR count). The first-order valence-electron chi connectivity index (χ1n) is 5.36. The number of hydrogen-bond acceptors (Lipinski definition) is 4. The van der Waals surface area contributed by atoms with Crippen LogP contribution in [0.3, 0.4) is 0 Å². The zero-order valence-electron chi connectivity index (χ0n) is 10.2. The average Bonchev–Trinajstić information content (AvgIpc) is 2.69. The Morgan fingerprint density at radius 1 is 1.50 bits per heavy atom. The number of carbonyl (C=O) groups excluding carboxylic acids is 1. The van der Waals surface area contributed by atoms with Crippen LogP contribution in [-0.2, 0) is 16.1 Å². The first-order valence-corrected chi connectivity index (χ1v) is 6.16. The predicted molar refractivity (Wildman–Crippen MR) is 74.9 cm³/mol. The summed E-state index contributed by atoms with van der Waals surface area (Å²) in [7, 11) is 1.66. The van der Waals surface area contributed by atoms with Crippen LogP contribution in [0.2, 0.25) is 0 Å². The molecular formula is C10H18BrClN4O2. The summed E-state index contributed by atoms with van der Waals surface area (Å²) in [6, 6.07) is 0. The molecule has 18 heavy (non-hydrogen) atoms. The highest BCUT2D eigenvalue weighted by Crippen LogP contribution is 2.05. The van der Waals surface area contributed by atoms with Gasteiger partial charge in [-0.15, -0.1) is 12.4 Å². The van der Waals surface area contributed by atoms with Crippen molar-refractivity contribution in [1.29, 1.82) is 0 Å². The van der Waals surface area contributed by atoms with Gasteiger partial charge in [0.2, 0.25) is 5.91 Å². The highest BCUT2D eigenvalue weighted by molar-refractivity contribution is 9.10. The van der Waals surface area contributed by atoms with Crippen molar-refractivity contribution < 1.29 is 9.53 Å². The van der Waals surface area contributed by atoms with Crippen LogP contribution in [0.5, 0.6) is 0 Å². The Kier molecular flexibility index (Phi) is 9.95. The molecular weight excluding hydrogens is 323 g/mol. The highest BCUT2D eigenvalue weighted by Gasteiger charge is 2.02. The van der Waals surface area contributed by atoms with Gasteiger partial charge in [0.25, 0.3) is 0 Å². The molecule has 1 heterocycles. The quantitative estimate of drug-likeness (QED) is 0.673. The molecule has 104 valence electrons. The summed E-state index contributed by atoms with van der Waals surface area (Å²) < 4.78 is 7.33. The zero-order valence-corrected chi connectivity index (χ0v) is 12.6. The molecule has 0 aromatic carbocycles. The van der Waals surface area contributed by atoms with Gasteiger partial charge in [-0.3, -0.25) is 9.48 Å². The van der Waals surface area contributed by atoms with Crippen molar-refractivity contribution in [3.8, 4) is 0 Å². The van der Waals surface area contributed by atoms with E-state index in [2.05, 4.69) is 31.7 Å². The summed E-state index contributed by atoms with van der Waals surface area (Å²) in [5, 5.41) is 9.94. The number of methoxy groups -OCH3 is 1.